The van der Waals surface area contributed by atoms with Crippen LogP contribution in [0.1, 0.15) is 37.5 Å². The summed E-state index contributed by atoms with van der Waals surface area (Å²) in [5, 5.41) is 9.86. The van der Waals surface area contributed by atoms with Crippen molar-refractivity contribution in [2.24, 2.45) is 0 Å². The molecule has 0 bridgehead atoms. The van der Waals surface area contributed by atoms with E-state index in [4.69, 9.17) is 0 Å². The van der Waals surface area contributed by atoms with Gasteiger partial charge in [-0.3, -0.25) is 0 Å². The van der Waals surface area contributed by atoms with Gasteiger partial charge in [0.1, 0.15) is 14.4 Å². The maximum Gasteiger partial charge on any atom is 0.148 e. The molecule has 0 spiro atoms. The van der Waals surface area contributed by atoms with Gasteiger partial charge in [0.25, 0.3) is 0 Å². The zero-order valence-electron chi connectivity index (χ0n) is 19.3. The maximum atomic E-state index is 9.86. The number of nitrogens with zero attached hydrogens (tertiary/aromatic N) is 2. The number of aromatic hydroxyl groups is 1. The zero-order chi connectivity index (χ0) is 24.2. The Balaban J connectivity index is 0.000000141. The Morgan fingerprint density at radius 2 is 1.21 bits per heavy atom. The monoisotopic (exact) mass is 512 g/mol. The number of phenolic OH excluding ortho intramolecular Hbond substituents is 1. The van der Waals surface area contributed by atoms with Gasteiger partial charge in [0, 0.05) is 0 Å². The molecular weight excluding hydrogens is 485 g/mol. The third-order valence-electron chi connectivity index (χ3n) is 4.82. The van der Waals surface area contributed by atoms with Crippen LogP contribution in [0.5, 0.6) is 5.75 Å². The summed E-state index contributed by atoms with van der Waals surface area (Å²) in [5.74, 6) is 0.443. The molecule has 3 aromatic carbocycles. The van der Waals surface area contributed by atoms with Crippen LogP contribution in [-0.4, -0.2) is 15.1 Å². The Bertz CT molecular complexity index is 1230. The van der Waals surface area contributed by atoms with Crippen molar-refractivity contribution in [2.75, 3.05) is 0 Å². The SMILES string of the molecule is Cc1cc(C)c(O)c(C(C)(C)C)c1.Sc1nc2ccccc2s1.Sc1nc2ccccc2s1. The number of aromatic nitrogens is 2. The third-order valence-corrected chi connectivity index (χ3v) is 7.24. The quantitative estimate of drug-likeness (QED) is 0.182. The smallest absolute Gasteiger partial charge is 0.148 e. The molecule has 7 heteroatoms. The van der Waals surface area contributed by atoms with Gasteiger partial charge in [-0.2, -0.15) is 0 Å². The molecule has 2 aromatic heterocycles. The van der Waals surface area contributed by atoms with Crippen LogP contribution in [0.2, 0.25) is 0 Å². The van der Waals surface area contributed by atoms with Gasteiger partial charge in [-0.1, -0.05) is 62.7 Å². The maximum absolute atomic E-state index is 9.86. The summed E-state index contributed by atoms with van der Waals surface area (Å²) in [6.07, 6.45) is 0. The van der Waals surface area contributed by atoms with E-state index in [1.165, 1.54) is 15.0 Å². The van der Waals surface area contributed by atoms with E-state index < -0.39 is 0 Å². The molecule has 0 saturated carbocycles. The van der Waals surface area contributed by atoms with Crippen molar-refractivity contribution in [3.63, 3.8) is 0 Å². The summed E-state index contributed by atoms with van der Waals surface area (Å²) in [5.41, 5.74) is 5.30. The average molecular weight is 513 g/mol. The van der Waals surface area contributed by atoms with Crippen LogP contribution in [-0.2, 0) is 5.41 Å². The lowest BCUT2D eigenvalue weighted by atomic mass is 9.84. The first-order valence-electron chi connectivity index (χ1n) is 10.4. The highest BCUT2D eigenvalue weighted by Gasteiger charge is 2.19. The molecule has 1 N–H and O–H groups in total. The highest BCUT2D eigenvalue weighted by Crippen LogP contribution is 2.33. The molecule has 5 aromatic rings. The Morgan fingerprint density at radius 3 is 1.64 bits per heavy atom. The Morgan fingerprint density at radius 1 is 0.758 bits per heavy atom. The molecule has 0 unspecified atom stereocenters. The summed E-state index contributed by atoms with van der Waals surface area (Å²) in [6, 6.07) is 20.1. The first-order valence-corrected chi connectivity index (χ1v) is 13.0. The topological polar surface area (TPSA) is 46.0 Å². The standard InChI is InChI=1S/C12H18O.2C7H5NS2/c1-8-6-9(2)11(13)10(7-8)12(3,4)5;2*9-7-8-5-3-1-2-4-6(5)10-7/h6-7,13H,1-5H3;2*1-4H,(H,8,9). The normalized spacial score (nSPS) is 11.0. The van der Waals surface area contributed by atoms with Crippen LogP contribution in [0.15, 0.2) is 69.3 Å². The third kappa shape index (κ3) is 6.96. The van der Waals surface area contributed by atoms with E-state index in [9.17, 15) is 5.11 Å². The fraction of sp³-hybridized carbons (Fsp3) is 0.231. The first-order chi connectivity index (χ1) is 15.5. The minimum atomic E-state index is 0.0147. The zero-order valence-corrected chi connectivity index (χ0v) is 22.7. The van der Waals surface area contributed by atoms with E-state index in [0.29, 0.717) is 5.75 Å². The summed E-state index contributed by atoms with van der Waals surface area (Å²) < 4.78 is 4.07. The van der Waals surface area contributed by atoms with E-state index in [0.717, 1.165) is 30.8 Å². The summed E-state index contributed by atoms with van der Waals surface area (Å²) in [6.45, 7) is 10.3. The van der Waals surface area contributed by atoms with Crippen molar-refractivity contribution in [2.45, 2.75) is 48.7 Å². The number of para-hydroxylation sites is 2. The molecule has 0 amide bonds. The van der Waals surface area contributed by atoms with Crippen LogP contribution in [0.25, 0.3) is 20.4 Å². The predicted molar refractivity (Wildman–Crippen MR) is 150 cm³/mol. The van der Waals surface area contributed by atoms with E-state index in [1.807, 2.05) is 61.5 Å². The van der Waals surface area contributed by atoms with Gasteiger partial charge in [-0.25, -0.2) is 9.97 Å². The molecule has 0 aliphatic carbocycles. The molecule has 0 atom stereocenters. The van der Waals surface area contributed by atoms with Gasteiger partial charge < -0.3 is 5.11 Å². The predicted octanol–water partition coefficient (Wildman–Crippen LogP) is 8.48. The Hall–Kier alpha value is -2.06. The number of hydrogen-bond acceptors (Lipinski definition) is 7. The first kappa shape index (κ1) is 25.6. The van der Waals surface area contributed by atoms with Crippen LogP contribution in [0.3, 0.4) is 0 Å². The summed E-state index contributed by atoms with van der Waals surface area (Å²) in [4.78, 5) is 8.39. The van der Waals surface area contributed by atoms with Crippen molar-refractivity contribution >= 4 is 68.4 Å². The number of thiazole rings is 2. The second kappa shape index (κ2) is 10.9. The minimum absolute atomic E-state index is 0.0147. The number of rotatable bonds is 0. The van der Waals surface area contributed by atoms with Crippen molar-refractivity contribution in [1.82, 2.24) is 9.97 Å². The van der Waals surface area contributed by atoms with E-state index in [2.05, 4.69) is 69.0 Å². The van der Waals surface area contributed by atoms with Crippen LogP contribution in [0, 0.1) is 13.8 Å². The van der Waals surface area contributed by atoms with Crippen LogP contribution >= 0.6 is 47.9 Å². The van der Waals surface area contributed by atoms with E-state index in [-0.39, 0.29) is 5.41 Å². The summed E-state index contributed by atoms with van der Waals surface area (Å²) in [7, 11) is 0. The second-order valence-electron chi connectivity index (χ2n) is 8.66. The molecular formula is C26H28N2OS4. The van der Waals surface area contributed by atoms with Gasteiger partial charge >= 0.3 is 0 Å². The second-order valence-corrected chi connectivity index (χ2v) is 12.2. The lowest BCUT2D eigenvalue weighted by Gasteiger charge is -2.22. The van der Waals surface area contributed by atoms with Crippen LogP contribution in [0.4, 0.5) is 0 Å². The highest BCUT2D eigenvalue weighted by atomic mass is 32.2. The molecule has 0 aliphatic heterocycles. The fourth-order valence-corrected chi connectivity index (χ4v) is 5.47. The molecule has 0 saturated heterocycles. The number of thiol groups is 2. The fourth-order valence-electron chi connectivity index (χ4n) is 3.25. The van der Waals surface area contributed by atoms with Crippen molar-refractivity contribution < 1.29 is 5.11 Å². The van der Waals surface area contributed by atoms with E-state index >= 15 is 0 Å². The number of phenols is 1. The Kier molecular flexibility index (Phi) is 8.45. The van der Waals surface area contributed by atoms with Gasteiger partial charge in [0.15, 0.2) is 0 Å². The van der Waals surface area contributed by atoms with Gasteiger partial charge in [-0.15, -0.1) is 47.9 Å². The number of benzene rings is 3. The van der Waals surface area contributed by atoms with Gasteiger partial charge in [0.05, 0.1) is 20.4 Å². The highest BCUT2D eigenvalue weighted by molar-refractivity contribution is 7.83. The largest absolute Gasteiger partial charge is 0.507 e. The van der Waals surface area contributed by atoms with Gasteiger partial charge in [0.2, 0.25) is 0 Å². The lowest BCUT2D eigenvalue weighted by molar-refractivity contribution is 0.442. The number of fused-ring (bicyclic) bond motifs is 2. The van der Waals surface area contributed by atoms with Crippen molar-refractivity contribution in [1.29, 1.82) is 0 Å². The average Bonchev–Trinajstić information content (AvgIpc) is 3.31. The van der Waals surface area contributed by atoms with Crippen molar-refractivity contribution in [3.05, 3.63) is 77.4 Å². The molecule has 5 rings (SSSR count). The van der Waals surface area contributed by atoms with Crippen molar-refractivity contribution in [3.8, 4) is 5.75 Å². The molecule has 33 heavy (non-hydrogen) atoms. The number of hydrogen-bond donors (Lipinski definition) is 3. The van der Waals surface area contributed by atoms with Gasteiger partial charge in [-0.05, 0) is 54.7 Å². The molecule has 0 fully saturated rings. The molecule has 3 nitrogen and oxygen atoms in total. The molecule has 0 radical (unpaired) electrons. The number of aryl methyl sites for hydroxylation is 2. The summed E-state index contributed by atoms with van der Waals surface area (Å²) >= 11 is 11.5. The molecule has 2 heterocycles. The lowest BCUT2D eigenvalue weighted by Crippen LogP contribution is -2.12. The Labute approximate surface area is 214 Å². The van der Waals surface area contributed by atoms with Crippen LogP contribution < -0.4 is 0 Å². The molecule has 0 aliphatic rings. The molecule has 172 valence electrons. The van der Waals surface area contributed by atoms with E-state index in [1.54, 1.807) is 22.7 Å². The minimum Gasteiger partial charge on any atom is -0.507 e.